The van der Waals surface area contributed by atoms with E-state index in [4.69, 9.17) is 5.73 Å². The lowest BCUT2D eigenvalue weighted by atomic mass is 10.7. The van der Waals surface area contributed by atoms with E-state index in [9.17, 15) is 9.59 Å². The lowest BCUT2D eigenvalue weighted by Gasteiger charge is -2.07. The Kier molecular flexibility index (Phi) is 17.2. The highest BCUT2D eigenvalue weighted by Crippen LogP contribution is 2.19. The van der Waals surface area contributed by atoms with Crippen LogP contribution in [0.25, 0.3) is 0 Å². The molecule has 0 bridgehead atoms. The van der Waals surface area contributed by atoms with E-state index in [0.717, 1.165) is 23.0 Å². The largest absolute Gasteiger partial charge is 0.358 e. The third-order valence-electron chi connectivity index (χ3n) is 1.72. The van der Waals surface area contributed by atoms with Crippen LogP contribution in [0.4, 0.5) is 4.79 Å². The number of hydrogen-bond acceptors (Lipinski definition) is 7. The molecule has 0 heterocycles. The standard InChI is InChI=1S/C10H22N4O2S4/c11-1-5-17-19-7-3-13-10(16)14-4-8-20-18-6-2-12-9-15/h9H,1-8,11H2,(H,12,15)(H2,13,14,16). The van der Waals surface area contributed by atoms with Crippen molar-refractivity contribution >= 4 is 55.6 Å². The summed E-state index contributed by atoms with van der Waals surface area (Å²) in [5.41, 5.74) is 5.37. The summed E-state index contributed by atoms with van der Waals surface area (Å²) in [7, 11) is 6.80. The van der Waals surface area contributed by atoms with Crippen molar-refractivity contribution in [1.29, 1.82) is 0 Å². The zero-order valence-corrected chi connectivity index (χ0v) is 14.5. The van der Waals surface area contributed by atoms with Crippen LogP contribution in [0.3, 0.4) is 0 Å². The molecule has 0 spiro atoms. The van der Waals surface area contributed by atoms with E-state index >= 15 is 0 Å². The van der Waals surface area contributed by atoms with E-state index in [0.29, 0.717) is 32.6 Å². The van der Waals surface area contributed by atoms with Gasteiger partial charge in [0.2, 0.25) is 6.41 Å². The van der Waals surface area contributed by atoms with Crippen molar-refractivity contribution in [2.45, 2.75) is 0 Å². The quantitative estimate of drug-likeness (QED) is 0.207. The molecule has 0 rings (SSSR count). The molecule has 0 atom stereocenters. The van der Waals surface area contributed by atoms with E-state index in [2.05, 4.69) is 16.0 Å². The summed E-state index contributed by atoms with van der Waals surface area (Å²) in [6.07, 6.45) is 0.698. The zero-order chi connectivity index (χ0) is 14.9. The average Bonchev–Trinajstić information content (AvgIpc) is 2.45. The maximum absolute atomic E-state index is 11.4. The van der Waals surface area contributed by atoms with Gasteiger partial charge in [0, 0.05) is 49.2 Å². The van der Waals surface area contributed by atoms with E-state index < -0.39 is 0 Å². The van der Waals surface area contributed by atoms with Crippen LogP contribution in [0.5, 0.6) is 0 Å². The first kappa shape index (κ1) is 20.1. The first-order valence-corrected chi connectivity index (χ1v) is 11.2. The maximum atomic E-state index is 11.4. The van der Waals surface area contributed by atoms with Gasteiger partial charge in [-0.05, 0) is 0 Å². The van der Waals surface area contributed by atoms with E-state index in [1.165, 1.54) is 0 Å². The van der Waals surface area contributed by atoms with Gasteiger partial charge in [-0.15, -0.1) is 0 Å². The van der Waals surface area contributed by atoms with Crippen molar-refractivity contribution in [3.8, 4) is 0 Å². The first-order chi connectivity index (χ1) is 9.81. The second-order valence-corrected chi connectivity index (χ2v) is 8.74. The molecule has 118 valence electrons. The van der Waals surface area contributed by atoms with Crippen molar-refractivity contribution in [3.05, 3.63) is 0 Å². The molecule has 0 aromatic rings. The number of amides is 3. The normalized spacial score (nSPS) is 10.1. The predicted molar refractivity (Wildman–Crippen MR) is 94.4 cm³/mol. The lowest BCUT2D eigenvalue weighted by Crippen LogP contribution is -2.37. The minimum atomic E-state index is -0.123. The van der Waals surface area contributed by atoms with Gasteiger partial charge in [-0.25, -0.2) is 4.79 Å². The molecule has 0 radical (unpaired) electrons. The van der Waals surface area contributed by atoms with Gasteiger partial charge >= 0.3 is 6.03 Å². The lowest BCUT2D eigenvalue weighted by molar-refractivity contribution is -0.109. The molecule has 0 aliphatic rings. The van der Waals surface area contributed by atoms with Gasteiger partial charge in [0.25, 0.3) is 0 Å². The van der Waals surface area contributed by atoms with Gasteiger partial charge in [-0.1, -0.05) is 43.2 Å². The Morgan fingerprint density at radius 3 is 1.90 bits per heavy atom. The highest BCUT2D eigenvalue weighted by Gasteiger charge is 1.99. The summed E-state index contributed by atoms with van der Waals surface area (Å²) in [5, 5.41) is 8.19. The Bertz CT molecular complexity index is 249. The molecule has 0 fully saturated rings. The molecule has 0 aromatic carbocycles. The molecule has 0 saturated heterocycles. The summed E-state index contributed by atoms with van der Waals surface area (Å²) in [6, 6.07) is -0.123. The average molecular weight is 359 g/mol. The molecular formula is C10H22N4O2S4. The summed E-state index contributed by atoms with van der Waals surface area (Å²) in [5.74, 6) is 3.54. The molecule has 10 heteroatoms. The van der Waals surface area contributed by atoms with Crippen molar-refractivity contribution in [3.63, 3.8) is 0 Å². The monoisotopic (exact) mass is 358 g/mol. The van der Waals surface area contributed by atoms with E-state index in [1.807, 2.05) is 0 Å². The van der Waals surface area contributed by atoms with E-state index in [-0.39, 0.29) is 6.03 Å². The zero-order valence-electron chi connectivity index (χ0n) is 11.3. The molecule has 0 saturated carbocycles. The molecule has 0 aromatic heterocycles. The Labute approximate surface area is 136 Å². The van der Waals surface area contributed by atoms with E-state index in [1.54, 1.807) is 43.2 Å². The minimum Gasteiger partial charge on any atom is -0.358 e. The third kappa shape index (κ3) is 16.2. The molecule has 20 heavy (non-hydrogen) atoms. The number of nitrogens with two attached hydrogens (primary N) is 1. The fraction of sp³-hybridized carbons (Fsp3) is 0.800. The molecule has 0 unspecified atom stereocenters. The Morgan fingerprint density at radius 1 is 0.900 bits per heavy atom. The highest BCUT2D eigenvalue weighted by molar-refractivity contribution is 8.77. The van der Waals surface area contributed by atoms with Gasteiger partial charge in [0.15, 0.2) is 0 Å². The molecule has 0 aliphatic heterocycles. The van der Waals surface area contributed by atoms with Gasteiger partial charge < -0.3 is 21.7 Å². The Balaban J connectivity index is 3.14. The van der Waals surface area contributed by atoms with Crippen LogP contribution in [0.1, 0.15) is 0 Å². The second-order valence-electron chi connectivity index (χ2n) is 3.33. The fourth-order valence-electron chi connectivity index (χ4n) is 0.918. The second kappa shape index (κ2) is 17.2. The third-order valence-corrected chi connectivity index (χ3v) is 6.57. The first-order valence-electron chi connectivity index (χ1n) is 6.19. The Morgan fingerprint density at radius 2 is 1.40 bits per heavy atom. The van der Waals surface area contributed by atoms with Gasteiger partial charge in [-0.3, -0.25) is 4.79 Å². The molecule has 0 aliphatic carbocycles. The number of carbonyl (C=O) groups excluding carboxylic acids is 2. The topological polar surface area (TPSA) is 96.2 Å². The number of hydrogen-bond donors (Lipinski definition) is 4. The molecule has 6 nitrogen and oxygen atoms in total. The predicted octanol–water partition coefficient (Wildman–Crippen LogP) is 0.753. The molecule has 5 N–H and O–H groups in total. The SMILES string of the molecule is NCCSSCCNC(=O)NCCSSCCNC=O. The van der Waals surface area contributed by atoms with Crippen LogP contribution < -0.4 is 21.7 Å². The van der Waals surface area contributed by atoms with Crippen LogP contribution in [-0.4, -0.2) is 61.6 Å². The van der Waals surface area contributed by atoms with Crippen LogP contribution in [0, 0.1) is 0 Å². The number of nitrogens with one attached hydrogen (secondary N) is 3. The Hall–Kier alpha value is 0.1000. The number of carbonyl (C=O) groups is 2. The van der Waals surface area contributed by atoms with Crippen molar-refractivity contribution in [2.75, 3.05) is 49.2 Å². The van der Waals surface area contributed by atoms with Crippen LogP contribution in [0.15, 0.2) is 0 Å². The summed E-state index contributed by atoms with van der Waals surface area (Å²) in [4.78, 5) is 21.4. The van der Waals surface area contributed by atoms with Crippen LogP contribution in [0.2, 0.25) is 0 Å². The smallest absolute Gasteiger partial charge is 0.314 e. The number of rotatable bonds is 14. The molecular weight excluding hydrogens is 336 g/mol. The minimum absolute atomic E-state index is 0.123. The van der Waals surface area contributed by atoms with Gasteiger partial charge in [0.05, 0.1) is 0 Å². The molecule has 3 amide bonds. The van der Waals surface area contributed by atoms with Crippen molar-refractivity contribution in [2.24, 2.45) is 5.73 Å². The van der Waals surface area contributed by atoms with Gasteiger partial charge in [0.1, 0.15) is 0 Å². The van der Waals surface area contributed by atoms with Crippen LogP contribution in [-0.2, 0) is 4.79 Å². The van der Waals surface area contributed by atoms with Crippen molar-refractivity contribution < 1.29 is 9.59 Å². The van der Waals surface area contributed by atoms with Gasteiger partial charge in [-0.2, -0.15) is 0 Å². The highest BCUT2D eigenvalue weighted by atomic mass is 33.1. The summed E-state index contributed by atoms with van der Waals surface area (Å²) < 4.78 is 0. The summed E-state index contributed by atoms with van der Waals surface area (Å²) >= 11 is 0. The maximum Gasteiger partial charge on any atom is 0.314 e. The van der Waals surface area contributed by atoms with Crippen LogP contribution >= 0.6 is 43.2 Å². The van der Waals surface area contributed by atoms with Crippen molar-refractivity contribution in [1.82, 2.24) is 16.0 Å². The number of urea groups is 1. The summed E-state index contributed by atoms with van der Waals surface area (Å²) in [6.45, 7) is 2.66. The fourth-order valence-corrected chi connectivity index (χ4v) is 4.51.